The van der Waals surface area contributed by atoms with Gasteiger partial charge in [0.05, 0.1) is 11.7 Å². The minimum Gasteiger partial charge on any atom is -0.388 e. The molecule has 17 heavy (non-hydrogen) atoms. The van der Waals surface area contributed by atoms with Crippen molar-refractivity contribution in [3.63, 3.8) is 0 Å². The number of aliphatic hydroxyl groups is 1. The molecular weight excluding hydrogens is 229 g/mol. The van der Waals surface area contributed by atoms with E-state index in [4.69, 9.17) is 0 Å². The molecule has 0 fully saturated rings. The Hall–Kier alpha value is -1.03. The third kappa shape index (κ3) is 4.38. The first kappa shape index (κ1) is 14.0. The predicted molar refractivity (Wildman–Crippen MR) is 60.5 cm³/mol. The monoisotopic (exact) mass is 246 g/mol. The van der Waals surface area contributed by atoms with Gasteiger partial charge in [0.1, 0.15) is 0 Å². The minimum absolute atomic E-state index is 0.334. The highest BCUT2D eigenvalue weighted by Gasteiger charge is 2.30. The molecule has 0 radical (unpaired) electrons. The van der Waals surface area contributed by atoms with E-state index in [0.717, 1.165) is 18.6 Å². The van der Waals surface area contributed by atoms with Crippen molar-refractivity contribution in [2.24, 2.45) is 5.92 Å². The molecule has 0 aromatic heterocycles. The number of aliphatic hydroxyl groups excluding tert-OH is 1. The minimum atomic E-state index is -4.35. The van der Waals surface area contributed by atoms with Crippen LogP contribution < -0.4 is 0 Å². The fourth-order valence-corrected chi connectivity index (χ4v) is 1.58. The topological polar surface area (TPSA) is 20.2 Å². The Balaban J connectivity index is 2.77. The lowest BCUT2D eigenvalue weighted by molar-refractivity contribution is -0.137. The molecule has 0 aliphatic rings. The number of halogens is 3. The van der Waals surface area contributed by atoms with Crippen molar-refractivity contribution >= 4 is 0 Å². The van der Waals surface area contributed by atoms with Crippen LogP contribution in [0.4, 0.5) is 13.2 Å². The zero-order valence-electron chi connectivity index (χ0n) is 9.96. The van der Waals surface area contributed by atoms with Gasteiger partial charge in [-0.1, -0.05) is 26.0 Å². The molecule has 1 nitrogen and oxygen atoms in total. The van der Waals surface area contributed by atoms with E-state index >= 15 is 0 Å². The zero-order chi connectivity index (χ0) is 13.1. The largest absolute Gasteiger partial charge is 0.416 e. The molecule has 0 spiro atoms. The molecule has 4 heteroatoms. The summed E-state index contributed by atoms with van der Waals surface area (Å²) in [4.78, 5) is 0. The molecule has 1 aromatic rings. The summed E-state index contributed by atoms with van der Waals surface area (Å²) in [7, 11) is 0. The Morgan fingerprint density at radius 2 is 1.82 bits per heavy atom. The van der Waals surface area contributed by atoms with Gasteiger partial charge in [0.15, 0.2) is 0 Å². The number of hydrogen-bond donors (Lipinski definition) is 1. The summed E-state index contributed by atoms with van der Waals surface area (Å²) >= 11 is 0. The smallest absolute Gasteiger partial charge is 0.388 e. The summed E-state index contributed by atoms with van der Waals surface area (Å²) in [6.07, 6.45) is -3.90. The molecule has 0 saturated carbocycles. The Bertz CT molecular complexity index is 358. The van der Waals surface area contributed by atoms with Gasteiger partial charge in [-0.25, -0.2) is 0 Å². The van der Waals surface area contributed by atoms with E-state index in [9.17, 15) is 18.3 Å². The fourth-order valence-electron chi connectivity index (χ4n) is 1.58. The SMILES string of the molecule is CC(C)CCC(O)c1cccc(C(F)(F)F)c1. The lowest BCUT2D eigenvalue weighted by atomic mass is 9.98. The normalized spacial score (nSPS) is 14.1. The summed E-state index contributed by atoms with van der Waals surface area (Å²) in [6, 6.07) is 4.89. The van der Waals surface area contributed by atoms with Gasteiger partial charge in [0, 0.05) is 0 Å². The van der Waals surface area contributed by atoms with E-state index in [1.165, 1.54) is 12.1 Å². The van der Waals surface area contributed by atoms with Crippen LogP contribution in [-0.4, -0.2) is 5.11 Å². The van der Waals surface area contributed by atoms with Crippen LogP contribution in [0.3, 0.4) is 0 Å². The zero-order valence-corrected chi connectivity index (χ0v) is 9.96. The lowest BCUT2D eigenvalue weighted by Crippen LogP contribution is -2.07. The maximum absolute atomic E-state index is 12.5. The molecule has 0 heterocycles. The van der Waals surface area contributed by atoms with E-state index in [1.54, 1.807) is 0 Å². The van der Waals surface area contributed by atoms with Crippen molar-refractivity contribution in [2.75, 3.05) is 0 Å². The number of hydrogen-bond acceptors (Lipinski definition) is 1. The average Bonchev–Trinajstić information content (AvgIpc) is 2.25. The van der Waals surface area contributed by atoms with Crippen LogP contribution in [0.2, 0.25) is 0 Å². The summed E-state index contributed by atoms with van der Waals surface area (Å²) in [5, 5.41) is 9.79. The lowest BCUT2D eigenvalue weighted by Gasteiger charge is -2.14. The van der Waals surface area contributed by atoms with Crippen LogP contribution in [-0.2, 0) is 6.18 Å². The number of rotatable bonds is 4. The molecule has 1 atom stereocenters. The molecule has 0 aliphatic carbocycles. The molecule has 0 amide bonds. The van der Waals surface area contributed by atoms with E-state index in [-0.39, 0.29) is 0 Å². The summed E-state index contributed by atoms with van der Waals surface area (Å²) < 4.78 is 37.4. The maximum atomic E-state index is 12.5. The molecule has 96 valence electrons. The standard InChI is InChI=1S/C13H17F3O/c1-9(2)6-7-12(17)10-4-3-5-11(8-10)13(14,15)16/h3-5,8-9,12,17H,6-7H2,1-2H3. The van der Waals surface area contributed by atoms with Gasteiger partial charge in [-0.3, -0.25) is 0 Å². The summed E-state index contributed by atoms with van der Waals surface area (Å²) in [5.74, 6) is 0.426. The van der Waals surface area contributed by atoms with Gasteiger partial charge in [-0.05, 0) is 36.5 Å². The van der Waals surface area contributed by atoms with Gasteiger partial charge in [-0.15, -0.1) is 0 Å². The molecule has 0 saturated heterocycles. The van der Waals surface area contributed by atoms with Crippen LogP contribution in [0.1, 0.15) is 43.9 Å². The van der Waals surface area contributed by atoms with Crippen LogP contribution in [0.5, 0.6) is 0 Å². The quantitative estimate of drug-likeness (QED) is 0.845. The second-order valence-corrected chi connectivity index (χ2v) is 4.61. The molecule has 0 bridgehead atoms. The van der Waals surface area contributed by atoms with E-state index < -0.39 is 17.8 Å². The first-order valence-corrected chi connectivity index (χ1v) is 5.66. The molecule has 0 aliphatic heterocycles. The van der Waals surface area contributed by atoms with Crippen LogP contribution in [0.15, 0.2) is 24.3 Å². The van der Waals surface area contributed by atoms with Crippen molar-refractivity contribution < 1.29 is 18.3 Å². The number of benzene rings is 1. The highest BCUT2D eigenvalue weighted by Crippen LogP contribution is 2.31. The van der Waals surface area contributed by atoms with Gasteiger partial charge >= 0.3 is 6.18 Å². The molecule has 1 N–H and O–H groups in total. The van der Waals surface area contributed by atoms with Crippen LogP contribution in [0, 0.1) is 5.92 Å². The van der Waals surface area contributed by atoms with Crippen molar-refractivity contribution in [1.29, 1.82) is 0 Å². The van der Waals surface area contributed by atoms with E-state index in [2.05, 4.69) is 0 Å². The molecular formula is C13H17F3O. The van der Waals surface area contributed by atoms with Gasteiger partial charge in [0.25, 0.3) is 0 Å². The third-order valence-electron chi connectivity index (χ3n) is 2.62. The van der Waals surface area contributed by atoms with E-state index in [1.807, 2.05) is 13.8 Å². The molecule has 1 unspecified atom stereocenters. The van der Waals surface area contributed by atoms with Crippen molar-refractivity contribution in [3.8, 4) is 0 Å². The van der Waals surface area contributed by atoms with Crippen molar-refractivity contribution in [3.05, 3.63) is 35.4 Å². The average molecular weight is 246 g/mol. The highest BCUT2D eigenvalue weighted by atomic mass is 19.4. The maximum Gasteiger partial charge on any atom is 0.416 e. The Morgan fingerprint density at radius 1 is 1.18 bits per heavy atom. The van der Waals surface area contributed by atoms with E-state index in [0.29, 0.717) is 17.9 Å². The first-order valence-electron chi connectivity index (χ1n) is 5.66. The summed E-state index contributed by atoms with van der Waals surface area (Å²) in [5.41, 5.74) is -0.376. The molecule has 1 rings (SSSR count). The van der Waals surface area contributed by atoms with Crippen molar-refractivity contribution in [1.82, 2.24) is 0 Å². The molecule has 1 aromatic carbocycles. The fraction of sp³-hybridized carbons (Fsp3) is 0.538. The van der Waals surface area contributed by atoms with Crippen LogP contribution in [0.25, 0.3) is 0 Å². The highest BCUT2D eigenvalue weighted by molar-refractivity contribution is 5.27. The predicted octanol–water partition coefficient (Wildman–Crippen LogP) is 4.18. The number of alkyl halides is 3. The Labute approximate surface area is 99.3 Å². The second kappa shape index (κ2) is 5.54. The van der Waals surface area contributed by atoms with Gasteiger partial charge in [0.2, 0.25) is 0 Å². The van der Waals surface area contributed by atoms with Gasteiger partial charge < -0.3 is 5.11 Å². The van der Waals surface area contributed by atoms with Gasteiger partial charge in [-0.2, -0.15) is 13.2 Å². The first-order chi connectivity index (χ1) is 7.80. The third-order valence-corrected chi connectivity index (χ3v) is 2.62. The summed E-state index contributed by atoms with van der Waals surface area (Å²) in [6.45, 7) is 4.03. The van der Waals surface area contributed by atoms with Crippen molar-refractivity contribution in [2.45, 2.75) is 39.0 Å². The Morgan fingerprint density at radius 3 is 2.35 bits per heavy atom. The second-order valence-electron chi connectivity index (χ2n) is 4.61. The Kier molecular flexibility index (Phi) is 4.57. The van der Waals surface area contributed by atoms with Crippen LogP contribution >= 0.6 is 0 Å².